The molecule has 5 nitrogen and oxygen atoms in total. The fourth-order valence-electron chi connectivity index (χ4n) is 2.53. The molecule has 28 heavy (non-hydrogen) atoms. The largest absolute Gasteiger partial charge is 0.573 e. The molecule has 0 aliphatic carbocycles. The van der Waals surface area contributed by atoms with Gasteiger partial charge in [-0.25, -0.2) is 4.98 Å². The number of ether oxygens (including phenoxy) is 1. The van der Waals surface area contributed by atoms with Crippen molar-refractivity contribution in [2.75, 3.05) is 17.7 Å². The lowest BCUT2D eigenvalue weighted by Gasteiger charge is -2.13. The lowest BCUT2D eigenvalue weighted by Crippen LogP contribution is -2.17. The van der Waals surface area contributed by atoms with E-state index in [-0.39, 0.29) is 5.75 Å². The van der Waals surface area contributed by atoms with Gasteiger partial charge < -0.3 is 15.4 Å². The lowest BCUT2D eigenvalue weighted by molar-refractivity contribution is -0.274. The summed E-state index contributed by atoms with van der Waals surface area (Å²) in [6.45, 7) is 1.95. The van der Waals surface area contributed by atoms with Crippen LogP contribution in [0.15, 0.2) is 53.0 Å². The highest BCUT2D eigenvalue weighted by Gasteiger charge is 2.31. The predicted molar refractivity (Wildman–Crippen MR) is 106 cm³/mol. The van der Waals surface area contributed by atoms with E-state index in [9.17, 15) is 13.2 Å². The van der Waals surface area contributed by atoms with E-state index in [1.54, 1.807) is 19.2 Å². The Kier molecular flexibility index (Phi) is 5.73. The van der Waals surface area contributed by atoms with Crippen LogP contribution in [0.4, 0.5) is 30.6 Å². The van der Waals surface area contributed by atoms with Gasteiger partial charge in [0.25, 0.3) is 0 Å². The summed E-state index contributed by atoms with van der Waals surface area (Å²) in [5.41, 5.74) is 2.77. The zero-order valence-electron chi connectivity index (χ0n) is 14.9. The van der Waals surface area contributed by atoms with Crippen LogP contribution in [0.25, 0.3) is 11.3 Å². The number of nitrogens with zero attached hydrogens (tertiary/aromatic N) is 2. The summed E-state index contributed by atoms with van der Waals surface area (Å²) in [5.74, 6) is 0.520. The molecule has 3 aromatic rings. The van der Waals surface area contributed by atoms with Crippen LogP contribution in [0.3, 0.4) is 0 Å². The van der Waals surface area contributed by atoms with Gasteiger partial charge >= 0.3 is 6.36 Å². The zero-order valence-corrected chi connectivity index (χ0v) is 16.5. The first-order valence-electron chi connectivity index (χ1n) is 8.20. The van der Waals surface area contributed by atoms with Crippen LogP contribution in [-0.4, -0.2) is 23.4 Å². The Bertz CT molecular complexity index is 995. The molecule has 9 heteroatoms. The Hall–Kier alpha value is -2.81. The summed E-state index contributed by atoms with van der Waals surface area (Å²) in [6.07, 6.45) is -4.76. The fourth-order valence-corrected chi connectivity index (χ4v) is 3.00. The molecule has 0 aliphatic rings. The third-order valence-corrected chi connectivity index (χ3v) is 4.26. The van der Waals surface area contributed by atoms with Gasteiger partial charge in [-0.15, -0.1) is 13.2 Å². The number of rotatable bonds is 5. The van der Waals surface area contributed by atoms with Crippen LogP contribution in [-0.2, 0) is 0 Å². The molecule has 0 unspecified atom stereocenters. The van der Waals surface area contributed by atoms with Gasteiger partial charge in [0.1, 0.15) is 11.6 Å². The molecule has 0 fully saturated rings. The fraction of sp³-hybridized carbons (Fsp3) is 0.158. The van der Waals surface area contributed by atoms with E-state index in [0.29, 0.717) is 23.0 Å². The Morgan fingerprint density at radius 3 is 2.50 bits per heavy atom. The van der Waals surface area contributed by atoms with Crippen molar-refractivity contribution in [3.05, 3.63) is 58.6 Å². The lowest BCUT2D eigenvalue weighted by atomic mass is 10.1. The first-order valence-corrected chi connectivity index (χ1v) is 8.99. The van der Waals surface area contributed by atoms with Crippen LogP contribution in [0.5, 0.6) is 5.75 Å². The highest BCUT2D eigenvalue weighted by Crippen LogP contribution is 2.30. The van der Waals surface area contributed by atoms with E-state index in [0.717, 1.165) is 15.7 Å². The normalized spacial score (nSPS) is 11.2. The van der Waals surface area contributed by atoms with Crippen LogP contribution in [0.1, 0.15) is 5.56 Å². The minimum absolute atomic E-state index is 0.312. The van der Waals surface area contributed by atoms with Crippen molar-refractivity contribution in [3.63, 3.8) is 0 Å². The molecular weight excluding hydrogens is 437 g/mol. The summed E-state index contributed by atoms with van der Waals surface area (Å²) in [7, 11) is 1.66. The third kappa shape index (κ3) is 5.13. The molecule has 0 aliphatic heterocycles. The molecular formula is C19H16BrF3N4O. The topological polar surface area (TPSA) is 59.1 Å². The second-order valence-electron chi connectivity index (χ2n) is 5.87. The van der Waals surface area contributed by atoms with Crippen molar-refractivity contribution in [2.24, 2.45) is 0 Å². The van der Waals surface area contributed by atoms with Crippen molar-refractivity contribution in [1.82, 2.24) is 9.97 Å². The quantitative estimate of drug-likeness (QED) is 0.504. The average Bonchev–Trinajstić information content (AvgIpc) is 2.62. The smallest absolute Gasteiger partial charge is 0.406 e. The minimum atomic E-state index is -4.76. The molecule has 0 bridgehead atoms. The Labute approximate surface area is 168 Å². The molecule has 2 N–H and O–H groups in total. The molecule has 0 saturated heterocycles. The standard InChI is InChI=1S/C19H16BrF3N4O/c1-11-8-13(20)6-7-15(11)25-17-10-16(26-18(24-2)27-17)12-4-3-5-14(9-12)28-19(21,22)23/h3-10H,1-2H3,(H2,24,25,26,27). The first-order chi connectivity index (χ1) is 13.2. The molecule has 3 rings (SSSR count). The minimum Gasteiger partial charge on any atom is -0.406 e. The van der Waals surface area contributed by atoms with Gasteiger partial charge in [0, 0.05) is 28.8 Å². The number of benzene rings is 2. The van der Waals surface area contributed by atoms with Gasteiger partial charge in [0.15, 0.2) is 0 Å². The van der Waals surface area contributed by atoms with E-state index >= 15 is 0 Å². The summed E-state index contributed by atoms with van der Waals surface area (Å²) < 4.78 is 42.4. The van der Waals surface area contributed by atoms with E-state index in [2.05, 4.69) is 41.3 Å². The van der Waals surface area contributed by atoms with Crippen LogP contribution < -0.4 is 15.4 Å². The monoisotopic (exact) mass is 452 g/mol. The second kappa shape index (κ2) is 8.05. The van der Waals surface area contributed by atoms with Crippen LogP contribution >= 0.6 is 15.9 Å². The Morgan fingerprint density at radius 1 is 1.04 bits per heavy atom. The number of anilines is 3. The molecule has 146 valence electrons. The Balaban J connectivity index is 1.96. The van der Waals surface area contributed by atoms with Crippen LogP contribution in [0, 0.1) is 6.92 Å². The second-order valence-corrected chi connectivity index (χ2v) is 6.79. The van der Waals surface area contributed by atoms with Gasteiger partial charge in [-0.1, -0.05) is 28.1 Å². The highest BCUT2D eigenvalue weighted by atomic mass is 79.9. The van der Waals surface area contributed by atoms with E-state index < -0.39 is 6.36 Å². The van der Waals surface area contributed by atoms with Crippen molar-refractivity contribution < 1.29 is 17.9 Å². The molecule has 0 spiro atoms. The van der Waals surface area contributed by atoms with Crippen molar-refractivity contribution in [3.8, 4) is 17.0 Å². The van der Waals surface area contributed by atoms with Gasteiger partial charge in [-0.3, -0.25) is 0 Å². The molecule has 1 heterocycles. The number of aromatic nitrogens is 2. The van der Waals surface area contributed by atoms with Crippen molar-refractivity contribution >= 4 is 33.4 Å². The maximum Gasteiger partial charge on any atom is 0.573 e. The number of nitrogens with one attached hydrogen (secondary N) is 2. The van der Waals surface area contributed by atoms with Crippen molar-refractivity contribution in [2.45, 2.75) is 13.3 Å². The van der Waals surface area contributed by atoms with E-state index in [1.165, 1.54) is 18.2 Å². The zero-order chi connectivity index (χ0) is 20.3. The Morgan fingerprint density at radius 2 is 1.82 bits per heavy atom. The summed E-state index contributed by atoms with van der Waals surface area (Å²) in [4.78, 5) is 8.69. The molecule has 0 amide bonds. The highest BCUT2D eigenvalue weighted by molar-refractivity contribution is 9.10. The number of hydrogen-bond acceptors (Lipinski definition) is 5. The summed E-state index contributed by atoms with van der Waals surface area (Å²) in [5, 5.41) is 6.07. The van der Waals surface area contributed by atoms with Crippen molar-refractivity contribution in [1.29, 1.82) is 0 Å². The van der Waals surface area contributed by atoms with Gasteiger partial charge in [0.05, 0.1) is 5.69 Å². The SMILES string of the molecule is CNc1nc(Nc2ccc(Br)cc2C)cc(-c2cccc(OC(F)(F)F)c2)n1. The van der Waals surface area contributed by atoms with Gasteiger partial charge in [-0.2, -0.15) is 4.98 Å². The molecule has 0 atom stereocenters. The van der Waals surface area contributed by atoms with Gasteiger partial charge in [-0.05, 0) is 42.8 Å². The average molecular weight is 453 g/mol. The molecule has 0 saturated carbocycles. The van der Waals surface area contributed by atoms with E-state index in [1.807, 2.05) is 25.1 Å². The van der Waals surface area contributed by atoms with E-state index in [4.69, 9.17) is 0 Å². The molecule has 0 radical (unpaired) electrons. The first kappa shape index (κ1) is 19.9. The molecule has 2 aromatic carbocycles. The third-order valence-electron chi connectivity index (χ3n) is 3.76. The number of alkyl halides is 3. The molecule has 1 aromatic heterocycles. The number of hydrogen-bond donors (Lipinski definition) is 2. The van der Waals surface area contributed by atoms with Crippen LogP contribution in [0.2, 0.25) is 0 Å². The maximum absolute atomic E-state index is 12.5. The van der Waals surface area contributed by atoms with Gasteiger partial charge in [0.2, 0.25) is 5.95 Å². The number of halogens is 4. The summed E-state index contributed by atoms with van der Waals surface area (Å²) >= 11 is 3.42. The predicted octanol–water partition coefficient (Wildman–Crippen LogP) is 5.90. The summed E-state index contributed by atoms with van der Waals surface area (Å²) in [6, 6.07) is 13.1. The maximum atomic E-state index is 12.5. The number of aryl methyl sites for hydroxylation is 1.